The minimum absolute atomic E-state index is 0.527. The summed E-state index contributed by atoms with van der Waals surface area (Å²) >= 11 is 0. The maximum Gasteiger partial charge on any atom is 0.227 e. The standard InChI is InChI=1S/C15H26N4O/c1-12(11-19-9-3-2-4-10-19)16-8-7-14-17-15(18-20-14)13-5-6-13/h12-13,16H,2-11H2,1H3. The molecule has 1 aromatic rings. The van der Waals surface area contributed by atoms with E-state index in [0.29, 0.717) is 12.0 Å². The molecule has 2 heterocycles. The maximum absolute atomic E-state index is 5.29. The minimum atomic E-state index is 0.527. The van der Waals surface area contributed by atoms with Gasteiger partial charge in [-0.25, -0.2) is 0 Å². The second kappa shape index (κ2) is 6.68. The summed E-state index contributed by atoms with van der Waals surface area (Å²) in [6, 6.07) is 0.527. The molecular formula is C15H26N4O. The first-order chi connectivity index (χ1) is 9.81. The molecule has 0 spiro atoms. The molecule has 1 aliphatic carbocycles. The van der Waals surface area contributed by atoms with Gasteiger partial charge in [0.25, 0.3) is 0 Å². The zero-order chi connectivity index (χ0) is 13.8. The van der Waals surface area contributed by atoms with E-state index in [1.165, 1.54) is 45.2 Å². The van der Waals surface area contributed by atoms with Gasteiger partial charge < -0.3 is 14.7 Å². The molecule has 0 amide bonds. The van der Waals surface area contributed by atoms with Gasteiger partial charge in [-0.15, -0.1) is 0 Å². The Bertz CT molecular complexity index is 410. The van der Waals surface area contributed by atoms with Gasteiger partial charge in [-0.05, 0) is 45.7 Å². The summed E-state index contributed by atoms with van der Waals surface area (Å²) in [6.45, 7) is 6.86. The number of hydrogen-bond acceptors (Lipinski definition) is 5. The van der Waals surface area contributed by atoms with Crippen molar-refractivity contribution < 1.29 is 4.52 Å². The zero-order valence-corrected chi connectivity index (χ0v) is 12.5. The Morgan fingerprint density at radius 1 is 1.30 bits per heavy atom. The largest absolute Gasteiger partial charge is 0.339 e. The Morgan fingerprint density at radius 3 is 2.85 bits per heavy atom. The second-order valence-electron chi connectivity index (χ2n) is 6.29. The van der Waals surface area contributed by atoms with E-state index in [9.17, 15) is 0 Å². The molecular weight excluding hydrogens is 252 g/mol. The molecule has 0 radical (unpaired) electrons. The van der Waals surface area contributed by atoms with Crippen LogP contribution in [0.4, 0.5) is 0 Å². The van der Waals surface area contributed by atoms with Crippen molar-refractivity contribution in [1.82, 2.24) is 20.4 Å². The Balaban J connectivity index is 1.33. The van der Waals surface area contributed by atoms with Crippen molar-refractivity contribution in [2.45, 2.75) is 57.4 Å². The normalized spacial score (nSPS) is 22.1. The fraction of sp³-hybridized carbons (Fsp3) is 0.867. The number of nitrogens with one attached hydrogen (secondary N) is 1. The molecule has 1 unspecified atom stereocenters. The molecule has 112 valence electrons. The van der Waals surface area contributed by atoms with Gasteiger partial charge in [0, 0.05) is 31.5 Å². The van der Waals surface area contributed by atoms with Crippen LogP contribution in [0.15, 0.2) is 4.52 Å². The van der Waals surface area contributed by atoms with E-state index in [2.05, 4.69) is 27.3 Å². The third-order valence-corrected chi connectivity index (χ3v) is 4.24. The van der Waals surface area contributed by atoms with Gasteiger partial charge in [0.15, 0.2) is 5.82 Å². The van der Waals surface area contributed by atoms with Gasteiger partial charge in [-0.3, -0.25) is 0 Å². The Morgan fingerprint density at radius 2 is 2.10 bits per heavy atom. The molecule has 1 N–H and O–H groups in total. The van der Waals surface area contributed by atoms with Crippen molar-refractivity contribution in [2.75, 3.05) is 26.2 Å². The molecule has 1 aromatic heterocycles. The van der Waals surface area contributed by atoms with Crippen LogP contribution in [0.3, 0.4) is 0 Å². The SMILES string of the molecule is CC(CN1CCCCC1)NCCc1nc(C2CC2)no1. The molecule has 1 saturated carbocycles. The van der Waals surface area contributed by atoms with E-state index >= 15 is 0 Å². The quantitative estimate of drug-likeness (QED) is 0.826. The van der Waals surface area contributed by atoms with Crippen molar-refractivity contribution in [3.05, 3.63) is 11.7 Å². The molecule has 0 bridgehead atoms. The average molecular weight is 278 g/mol. The summed E-state index contributed by atoms with van der Waals surface area (Å²) in [5.41, 5.74) is 0. The molecule has 2 aliphatic rings. The average Bonchev–Trinajstić information content (AvgIpc) is 3.20. The predicted molar refractivity (Wildman–Crippen MR) is 77.7 cm³/mol. The fourth-order valence-electron chi connectivity index (χ4n) is 2.90. The van der Waals surface area contributed by atoms with E-state index in [4.69, 9.17) is 4.52 Å². The molecule has 20 heavy (non-hydrogen) atoms. The van der Waals surface area contributed by atoms with Crippen molar-refractivity contribution in [3.8, 4) is 0 Å². The van der Waals surface area contributed by atoms with Gasteiger partial charge >= 0.3 is 0 Å². The molecule has 1 aliphatic heterocycles. The zero-order valence-electron chi connectivity index (χ0n) is 12.5. The summed E-state index contributed by atoms with van der Waals surface area (Å²) in [5, 5.41) is 7.61. The lowest BCUT2D eigenvalue weighted by atomic mass is 10.1. The van der Waals surface area contributed by atoms with Crippen molar-refractivity contribution in [2.24, 2.45) is 0 Å². The van der Waals surface area contributed by atoms with Crippen molar-refractivity contribution >= 4 is 0 Å². The summed E-state index contributed by atoms with van der Waals surface area (Å²) in [4.78, 5) is 7.03. The lowest BCUT2D eigenvalue weighted by Gasteiger charge is -2.29. The maximum atomic E-state index is 5.29. The van der Waals surface area contributed by atoms with E-state index < -0.39 is 0 Å². The van der Waals surface area contributed by atoms with Crippen LogP contribution < -0.4 is 5.32 Å². The van der Waals surface area contributed by atoms with Crippen LogP contribution in [0.25, 0.3) is 0 Å². The first-order valence-corrected chi connectivity index (χ1v) is 8.09. The second-order valence-corrected chi connectivity index (χ2v) is 6.29. The van der Waals surface area contributed by atoms with Crippen LogP contribution >= 0.6 is 0 Å². The molecule has 2 fully saturated rings. The number of rotatable bonds is 7. The number of nitrogens with zero attached hydrogens (tertiary/aromatic N) is 3. The third kappa shape index (κ3) is 4.03. The highest BCUT2D eigenvalue weighted by molar-refractivity contribution is 5.03. The van der Waals surface area contributed by atoms with Crippen LogP contribution in [-0.2, 0) is 6.42 Å². The van der Waals surface area contributed by atoms with Crippen LogP contribution in [0.1, 0.15) is 56.7 Å². The lowest BCUT2D eigenvalue weighted by Crippen LogP contribution is -2.42. The Kier molecular flexibility index (Phi) is 4.68. The first-order valence-electron chi connectivity index (χ1n) is 8.09. The Labute approximate surface area is 121 Å². The van der Waals surface area contributed by atoms with Crippen molar-refractivity contribution in [3.63, 3.8) is 0 Å². The highest BCUT2D eigenvalue weighted by Gasteiger charge is 2.28. The number of piperidine rings is 1. The van der Waals surface area contributed by atoms with E-state index in [0.717, 1.165) is 31.2 Å². The van der Waals surface area contributed by atoms with Gasteiger partial charge in [-0.1, -0.05) is 11.6 Å². The fourth-order valence-corrected chi connectivity index (χ4v) is 2.90. The topological polar surface area (TPSA) is 54.2 Å². The van der Waals surface area contributed by atoms with Crippen molar-refractivity contribution in [1.29, 1.82) is 0 Å². The smallest absolute Gasteiger partial charge is 0.227 e. The molecule has 3 rings (SSSR count). The summed E-state index contributed by atoms with van der Waals surface area (Å²) in [5.74, 6) is 2.28. The van der Waals surface area contributed by atoms with Gasteiger partial charge in [0.05, 0.1) is 0 Å². The highest BCUT2D eigenvalue weighted by Crippen LogP contribution is 2.38. The van der Waals surface area contributed by atoms with E-state index in [-0.39, 0.29) is 0 Å². The number of aromatic nitrogens is 2. The predicted octanol–water partition coefficient (Wildman–Crippen LogP) is 1.95. The minimum Gasteiger partial charge on any atom is -0.339 e. The highest BCUT2D eigenvalue weighted by atomic mass is 16.5. The Hall–Kier alpha value is -0.940. The summed E-state index contributed by atoms with van der Waals surface area (Å²) < 4.78 is 5.29. The summed E-state index contributed by atoms with van der Waals surface area (Å²) in [7, 11) is 0. The number of likely N-dealkylation sites (tertiary alicyclic amines) is 1. The third-order valence-electron chi connectivity index (χ3n) is 4.24. The van der Waals surface area contributed by atoms with Crippen LogP contribution in [0, 0.1) is 0 Å². The molecule has 1 saturated heterocycles. The summed E-state index contributed by atoms with van der Waals surface area (Å²) in [6.07, 6.45) is 7.41. The van der Waals surface area contributed by atoms with Crippen LogP contribution in [0.2, 0.25) is 0 Å². The van der Waals surface area contributed by atoms with Gasteiger partial charge in [0.1, 0.15) is 0 Å². The molecule has 0 aromatic carbocycles. The van der Waals surface area contributed by atoms with E-state index in [1.807, 2.05) is 0 Å². The van der Waals surface area contributed by atoms with Gasteiger partial charge in [-0.2, -0.15) is 4.98 Å². The van der Waals surface area contributed by atoms with Crippen LogP contribution in [-0.4, -0.2) is 47.3 Å². The molecule has 1 atom stereocenters. The van der Waals surface area contributed by atoms with E-state index in [1.54, 1.807) is 0 Å². The monoisotopic (exact) mass is 278 g/mol. The van der Waals surface area contributed by atoms with Gasteiger partial charge in [0.2, 0.25) is 5.89 Å². The molecule has 5 heteroatoms. The first kappa shape index (κ1) is 14.0. The number of hydrogen-bond donors (Lipinski definition) is 1. The lowest BCUT2D eigenvalue weighted by molar-refractivity contribution is 0.209. The van der Waals surface area contributed by atoms with Crippen LogP contribution in [0.5, 0.6) is 0 Å². The molecule has 5 nitrogen and oxygen atoms in total.